The van der Waals surface area contributed by atoms with Crippen molar-refractivity contribution in [2.75, 3.05) is 18.5 Å². The van der Waals surface area contributed by atoms with E-state index >= 15 is 0 Å². The molecular weight excluding hydrogens is 286 g/mol. The lowest BCUT2D eigenvalue weighted by molar-refractivity contribution is -0.136. The third-order valence-electron chi connectivity index (χ3n) is 2.69. The summed E-state index contributed by atoms with van der Waals surface area (Å²) in [6.07, 6.45) is 0.771. The Morgan fingerprint density at radius 2 is 1.77 bits per heavy atom. The molecular formula is C15H21N3O4. The van der Waals surface area contributed by atoms with E-state index < -0.39 is 17.7 Å². The van der Waals surface area contributed by atoms with Gasteiger partial charge in [0.05, 0.1) is 6.10 Å². The second kappa shape index (κ2) is 8.78. The number of amides is 3. The van der Waals surface area contributed by atoms with Crippen molar-refractivity contribution in [2.45, 2.75) is 26.4 Å². The zero-order chi connectivity index (χ0) is 16.5. The number of anilines is 1. The van der Waals surface area contributed by atoms with E-state index in [1.807, 2.05) is 13.8 Å². The molecule has 0 aliphatic carbocycles. The molecule has 1 aromatic carbocycles. The number of ether oxygens (including phenoxy) is 1. The minimum Gasteiger partial charge on any atom is -0.379 e. The molecule has 0 saturated carbocycles. The second-order valence-electron chi connectivity index (χ2n) is 4.92. The van der Waals surface area contributed by atoms with Gasteiger partial charge in [0.2, 0.25) is 5.91 Å². The number of carbonyl (C=O) groups excluding carboxylic acids is 3. The fourth-order valence-corrected chi connectivity index (χ4v) is 1.58. The zero-order valence-electron chi connectivity index (χ0n) is 12.7. The first-order chi connectivity index (χ1) is 10.4. The molecule has 120 valence electrons. The number of hydrogen-bond acceptors (Lipinski definition) is 4. The van der Waals surface area contributed by atoms with Gasteiger partial charge in [-0.2, -0.15) is 0 Å². The molecule has 1 aromatic rings. The molecule has 0 aliphatic heterocycles. The van der Waals surface area contributed by atoms with E-state index in [2.05, 4.69) is 10.6 Å². The summed E-state index contributed by atoms with van der Waals surface area (Å²) in [7, 11) is 0. The summed E-state index contributed by atoms with van der Waals surface area (Å²) in [6.45, 7) is 4.73. The first-order valence-corrected chi connectivity index (χ1v) is 7.01. The van der Waals surface area contributed by atoms with Gasteiger partial charge in [0, 0.05) is 24.4 Å². The molecule has 4 N–H and O–H groups in total. The summed E-state index contributed by atoms with van der Waals surface area (Å²) >= 11 is 0. The minimum atomic E-state index is -0.767. The van der Waals surface area contributed by atoms with E-state index in [-0.39, 0.29) is 6.10 Å². The average molecular weight is 307 g/mol. The van der Waals surface area contributed by atoms with Crippen LogP contribution in [0.1, 0.15) is 30.6 Å². The lowest BCUT2D eigenvalue weighted by Crippen LogP contribution is -2.36. The summed E-state index contributed by atoms with van der Waals surface area (Å²) in [5, 5.41) is 4.93. The molecule has 0 saturated heterocycles. The van der Waals surface area contributed by atoms with Crippen molar-refractivity contribution in [3.05, 3.63) is 29.8 Å². The SMILES string of the molecule is CC(C)OCCCNC(=O)C(=O)Nc1ccc(C(N)=O)cc1. The first-order valence-electron chi connectivity index (χ1n) is 7.01. The van der Waals surface area contributed by atoms with Gasteiger partial charge in [-0.25, -0.2) is 0 Å². The van der Waals surface area contributed by atoms with Crippen molar-refractivity contribution in [2.24, 2.45) is 5.73 Å². The Kier molecular flexibility index (Phi) is 7.04. The summed E-state index contributed by atoms with van der Waals surface area (Å²) in [5.41, 5.74) is 5.85. The highest BCUT2D eigenvalue weighted by Crippen LogP contribution is 2.08. The van der Waals surface area contributed by atoms with Crippen LogP contribution in [0.2, 0.25) is 0 Å². The van der Waals surface area contributed by atoms with Gasteiger partial charge in [-0.05, 0) is 44.5 Å². The monoisotopic (exact) mass is 307 g/mol. The highest BCUT2D eigenvalue weighted by Gasteiger charge is 2.13. The van der Waals surface area contributed by atoms with Gasteiger partial charge in [0.25, 0.3) is 0 Å². The number of primary amides is 1. The number of nitrogens with one attached hydrogen (secondary N) is 2. The van der Waals surface area contributed by atoms with Crippen LogP contribution in [0.4, 0.5) is 5.69 Å². The van der Waals surface area contributed by atoms with Crippen LogP contribution in [0.25, 0.3) is 0 Å². The molecule has 0 aromatic heterocycles. The molecule has 0 radical (unpaired) electrons. The van der Waals surface area contributed by atoms with Crippen molar-refractivity contribution in [1.82, 2.24) is 5.32 Å². The molecule has 0 heterocycles. The summed E-state index contributed by atoms with van der Waals surface area (Å²) in [4.78, 5) is 34.2. The zero-order valence-corrected chi connectivity index (χ0v) is 12.7. The van der Waals surface area contributed by atoms with E-state index in [0.717, 1.165) is 0 Å². The standard InChI is InChI=1S/C15H21N3O4/c1-10(2)22-9-3-8-17-14(20)15(21)18-12-6-4-11(5-7-12)13(16)19/h4-7,10H,3,8-9H2,1-2H3,(H2,16,19)(H,17,20)(H,18,21). The molecule has 3 amide bonds. The van der Waals surface area contributed by atoms with Gasteiger partial charge in [-0.15, -0.1) is 0 Å². The molecule has 0 atom stereocenters. The number of rotatable bonds is 7. The lowest BCUT2D eigenvalue weighted by Gasteiger charge is -2.08. The topological polar surface area (TPSA) is 111 Å². The number of nitrogens with two attached hydrogens (primary N) is 1. The van der Waals surface area contributed by atoms with Crippen molar-refractivity contribution in [1.29, 1.82) is 0 Å². The maximum atomic E-state index is 11.7. The van der Waals surface area contributed by atoms with Gasteiger partial charge in [0.1, 0.15) is 0 Å². The molecule has 0 spiro atoms. The Morgan fingerprint density at radius 3 is 2.32 bits per heavy atom. The molecule has 0 fully saturated rings. The Balaban J connectivity index is 2.34. The Labute approximate surface area is 129 Å². The minimum absolute atomic E-state index is 0.141. The van der Waals surface area contributed by atoms with Crippen LogP contribution in [0.5, 0.6) is 0 Å². The van der Waals surface area contributed by atoms with Gasteiger partial charge < -0.3 is 21.1 Å². The molecule has 0 unspecified atom stereocenters. The van der Waals surface area contributed by atoms with Gasteiger partial charge >= 0.3 is 11.8 Å². The molecule has 0 bridgehead atoms. The van der Waals surface area contributed by atoms with Crippen LogP contribution in [0, 0.1) is 0 Å². The third kappa shape index (κ3) is 6.36. The van der Waals surface area contributed by atoms with E-state index in [4.69, 9.17) is 10.5 Å². The van der Waals surface area contributed by atoms with E-state index in [0.29, 0.717) is 30.8 Å². The number of hydrogen-bond donors (Lipinski definition) is 3. The Morgan fingerprint density at radius 1 is 1.14 bits per heavy atom. The summed E-state index contributed by atoms with van der Waals surface area (Å²) in [6, 6.07) is 5.95. The van der Waals surface area contributed by atoms with Gasteiger partial charge in [-0.1, -0.05) is 0 Å². The lowest BCUT2D eigenvalue weighted by atomic mass is 10.2. The maximum Gasteiger partial charge on any atom is 0.313 e. The molecule has 22 heavy (non-hydrogen) atoms. The first kappa shape index (κ1) is 17.6. The highest BCUT2D eigenvalue weighted by molar-refractivity contribution is 6.39. The fraction of sp³-hybridized carbons (Fsp3) is 0.400. The largest absolute Gasteiger partial charge is 0.379 e. The normalized spacial score (nSPS) is 10.3. The van der Waals surface area contributed by atoms with Gasteiger partial charge in [-0.3, -0.25) is 14.4 Å². The molecule has 0 aliphatic rings. The van der Waals surface area contributed by atoms with Crippen molar-refractivity contribution in [3.8, 4) is 0 Å². The van der Waals surface area contributed by atoms with Crippen LogP contribution in [-0.2, 0) is 14.3 Å². The summed E-state index contributed by atoms with van der Waals surface area (Å²) in [5.74, 6) is -2.04. The van der Waals surface area contributed by atoms with E-state index in [1.54, 1.807) is 0 Å². The van der Waals surface area contributed by atoms with E-state index in [9.17, 15) is 14.4 Å². The smallest absolute Gasteiger partial charge is 0.313 e. The fourth-order valence-electron chi connectivity index (χ4n) is 1.58. The Hall–Kier alpha value is -2.41. The second-order valence-corrected chi connectivity index (χ2v) is 4.92. The molecule has 1 rings (SSSR count). The van der Waals surface area contributed by atoms with Crippen molar-refractivity contribution in [3.63, 3.8) is 0 Å². The van der Waals surface area contributed by atoms with Crippen molar-refractivity contribution >= 4 is 23.4 Å². The number of benzene rings is 1. The predicted octanol–water partition coefficient (Wildman–Crippen LogP) is 0.655. The predicted molar refractivity (Wildman–Crippen MR) is 82.3 cm³/mol. The quantitative estimate of drug-likeness (QED) is 0.507. The summed E-state index contributed by atoms with van der Waals surface area (Å²) < 4.78 is 5.32. The van der Waals surface area contributed by atoms with Crippen LogP contribution >= 0.6 is 0 Å². The molecule has 7 heteroatoms. The van der Waals surface area contributed by atoms with Gasteiger partial charge in [0.15, 0.2) is 0 Å². The van der Waals surface area contributed by atoms with Crippen LogP contribution in [-0.4, -0.2) is 37.0 Å². The third-order valence-corrected chi connectivity index (χ3v) is 2.69. The number of carbonyl (C=O) groups is 3. The highest BCUT2D eigenvalue weighted by atomic mass is 16.5. The van der Waals surface area contributed by atoms with Crippen molar-refractivity contribution < 1.29 is 19.1 Å². The van der Waals surface area contributed by atoms with E-state index in [1.165, 1.54) is 24.3 Å². The maximum absolute atomic E-state index is 11.7. The van der Waals surface area contributed by atoms with Crippen LogP contribution < -0.4 is 16.4 Å². The Bertz CT molecular complexity index is 526. The van der Waals surface area contributed by atoms with Crippen LogP contribution in [0.15, 0.2) is 24.3 Å². The average Bonchev–Trinajstić information content (AvgIpc) is 2.46. The molecule has 7 nitrogen and oxygen atoms in total. The van der Waals surface area contributed by atoms with Crippen LogP contribution in [0.3, 0.4) is 0 Å².